The van der Waals surface area contributed by atoms with E-state index in [0.29, 0.717) is 0 Å². The minimum atomic E-state index is -0.855. The van der Waals surface area contributed by atoms with E-state index in [4.69, 9.17) is 5.11 Å². The lowest BCUT2D eigenvalue weighted by Gasteiger charge is -2.00. The highest BCUT2D eigenvalue weighted by atomic mass is 16.4. The van der Waals surface area contributed by atoms with Gasteiger partial charge in [-0.1, -0.05) is 57.7 Å². The van der Waals surface area contributed by atoms with Crippen molar-refractivity contribution in [1.29, 1.82) is 0 Å². The summed E-state index contributed by atoms with van der Waals surface area (Å²) in [5.41, 5.74) is 7.65. The molecule has 0 rings (SSSR count). The molecule has 0 saturated carbocycles. The summed E-state index contributed by atoms with van der Waals surface area (Å²) in [5.74, 6) is -0.855. The molecule has 33 heavy (non-hydrogen) atoms. The molecule has 0 bridgehead atoms. The number of carbonyl (C=O) groups is 2. The molecule has 0 atom stereocenters. The Morgan fingerprint density at radius 1 is 0.576 bits per heavy atom. The summed E-state index contributed by atoms with van der Waals surface area (Å²) in [4.78, 5) is 20.6. The normalized spacial score (nSPS) is 12.5. The van der Waals surface area contributed by atoms with Crippen molar-refractivity contribution >= 4 is 12.3 Å². The maximum atomic E-state index is 10.4. The van der Waals surface area contributed by atoms with Crippen LogP contribution in [0.3, 0.4) is 0 Å². The molecule has 0 unspecified atom stereocenters. The maximum Gasteiger partial charge on any atom is 0.328 e. The fourth-order valence-electron chi connectivity index (χ4n) is 2.96. The predicted molar refractivity (Wildman–Crippen MR) is 145 cm³/mol. The molecule has 186 valence electrons. The fraction of sp³-hybridized carbons (Fsp3) is 0.533. The van der Waals surface area contributed by atoms with Crippen molar-refractivity contribution in [2.75, 3.05) is 0 Å². The number of carboxylic acid groups (broad SMARTS) is 1. The molecule has 0 heterocycles. The van der Waals surface area contributed by atoms with Gasteiger partial charge in [-0.2, -0.15) is 0 Å². The van der Waals surface area contributed by atoms with Gasteiger partial charge < -0.3 is 5.11 Å². The predicted octanol–water partition coefficient (Wildman–Crippen LogP) is 9.09. The monoisotopic (exact) mass is 456 g/mol. The van der Waals surface area contributed by atoms with Crippen LogP contribution < -0.4 is 0 Å². The zero-order chi connectivity index (χ0) is 25.6. The Bertz CT molecular complexity index is 747. The summed E-state index contributed by atoms with van der Waals surface area (Å²) in [6.45, 7) is 16.7. The average Bonchev–Trinajstić information content (AvgIpc) is 2.67. The van der Waals surface area contributed by atoms with Crippen LogP contribution in [-0.4, -0.2) is 17.4 Å². The van der Waals surface area contributed by atoms with Crippen molar-refractivity contribution in [1.82, 2.24) is 0 Å². The van der Waals surface area contributed by atoms with Gasteiger partial charge in [-0.15, -0.1) is 0 Å². The maximum absolute atomic E-state index is 10.4. The van der Waals surface area contributed by atoms with Crippen LogP contribution >= 0.6 is 0 Å². The molecule has 0 amide bonds. The highest BCUT2D eigenvalue weighted by Gasteiger charge is 1.94. The van der Waals surface area contributed by atoms with Crippen molar-refractivity contribution in [3.05, 3.63) is 69.9 Å². The van der Waals surface area contributed by atoms with Crippen LogP contribution in [0.2, 0.25) is 0 Å². The zero-order valence-electron chi connectivity index (χ0n) is 22.5. The second-order valence-electron chi connectivity index (χ2n) is 9.30. The van der Waals surface area contributed by atoms with E-state index in [9.17, 15) is 9.59 Å². The number of rotatable bonds is 14. The van der Waals surface area contributed by atoms with E-state index < -0.39 is 5.97 Å². The number of hydrogen-bond acceptors (Lipinski definition) is 2. The number of carbonyl (C=O) groups excluding carboxylic acids is 1. The summed E-state index contributed by atoms with van der Waals surface area (Å²) in [7, 11) is 0. The molecule has 0 aromatic carbocycles. The van der Waals surface area contributed by atoms with E-state index in [2.05, 4.69) is 65.8 Å². The van der Waals surface area contributed by atoms with Crippen LogP contribution in [0.15, 0.2) is 69.9 Å². The van der Waals surface area contributed by atoms with Gasteiger partial charge in [-0.25, -0.2) is 4.79 Å². The van der Waals surface area contributed by atoms with E-state index in [1.165, 1.54) is 28.4 Å². The van der Waals surface area contributed by atoms with Gasteiger partial charge in [0.1, 0.15) is 6.29 Å². The minimum Gasteiger partial charge on any atom is -0.478 e. The van der Waals surface area contributed by atoms with Crippen molar-refractivity contribution < 1.29 is 14.7 Å². The first kappa shape index (κ1) is 32.8. The van der Waals surface area contributed by atoms with Crippen LogP contribution in [0, 0.1) is 0 Å². The second kappa shape index (κ2) is 21.4. The third-order valence-electron chi connectivity index (χ3n) is 4.97. The third-order valence-corrected chi connectivity index (χ3v) is 4.97. The van der Waals surface area contributed by atoms with Crippen molar-refractivity contribution in [2.24, 2.45) is 0 Å². The van der Waals surface area contributed by atoms with Gasteiger partial charge in [0.25, 0.3) is 0 Å². The summed E-state index contributed by atoms with van der Waals surface area (Å²) < 4.78 is 0. The molecule has 3 nitrogen and oxygen atoms in total. The first-order chi connectivity index (χ1) is 15.5. The minimum absolute atomic E-state index is 0.826. The van der Waals surface area contributed by atoms with Crippen LogP contribution in [0.5, 0.6) is 0 Å². The molecular formula is C30H48O3. The molecular weight excluding hydrogens is 408 g/mol. The van der Waals surface area contributed by atoms with Gasteiger partial charge in [0.15, 0.2) is 0 Å². The van der Waals surface area contributed by atoms with Crippen LogP contribution in [0.1, 0.15) is 107 Å². The third kappa shape index (κ3) is 27.5. The lowest BCUT2D eigenvalue weighted by molar-refractivity contribution is -0.131. The molecule has 1 N–H and O–H groups in total. The number of hydrogen-bond donors (Lipinski definition) is 1. The molecule has 0 aromatic rings. The fourth-order valence-corrected chi connectivity index (χ4v) is 2.96. The first-order valence-electron chi connectivity index (χ1n) is 12.1. The van der Waals surface area contributed by atoms with Gasteiger partial charge in [0.2, 0.25) is 0 Å². The number of allylic oxidation sites excluding steroid dienone is 11. The molecule has 0 aliphatic carbocycles. The van der Waals surface area contributed by atoms with Gasteiger partial charge in [0.05, 0.1) is 0 Å². The topological polar surface area (TPSA) is 54.4 Å². The quantitative estimate of drug-likeness (QED) is 0.161. The molecule has 0 radical (unpaired) electrons. The Balaban J connectivity index is 0. The van der Waals surface area contributed by atoms with E-state index in [1.54, 1.807) is 6.08 Å². The summed E-state index contributed by atoms with van der Waals surface area (Å²) in [6.07, 6.45) is 21.0. The molecule has 0 saturated heterocycles. The largest absolute Gasteiger partial charge is 0.478 e. The molecule has 3 heteroatoms. The molecule has 0 spiro atoms. The molecule has 0 fully saturated rings. The Morgan fingerprint density at radius 3 is 1.30 bits per heavy atom. The standard InChI is InChI=1S/C15H24O2.C15H24O/c1-12(2)7-5-8-13(3)9-6-10-14(4)11-15(16)17;1-13(2)7-5-8-14(3)9-6-10-15(4)11-12-16/h7,9,11H,5-6,8,10H2,1-4H3,(H,16,17);7,9,11-12H,5-6,8,10H2,1-4H3/b;14-9+,15-11+. The highest BCUT2D eigenvalue weighted by molar-refractivity contribution is 5.80. The summed E-state index contributed by atoms with van der Waals surface area (Å²) >= 11 is 0. The number of carboxylic acids is 1. The Kier molecular flexibility index (Phi) is 21.3. The molecule has 0 aromatic heterocycles. The van der Waals surface area contributed by atoms with Gasteiger partial charge in [-0.05, 0) is 113 Å². The van der Waals surface area contributed by atoms with E-state index in [1.807, 2.05) is 13.8 Å². The van der Waals surface area contributed by atoms with Crippen LogP contribution in [0.4, 0.5) is 0 Å². The smallest absolute Gasteiger partial charge is 0.328 e. The van der Waals surface area contributed by atoms with E-state index in [-0.39, 0.29) is 0 Å². The Labute approximate surface area is 203 Å². The summed E-state index contributed by atoms with van der Waals surface area (Å²) in [6, 6.07) is 0. The molecule has 0 aliphatic rings. The van der Waals surface area contributed by atoms with Crippen molar-refractivity contribution in [3.63, 3.8) is 0 Å². The van der Waals surface area contributed by atoms with E-state index in [0.717, 1.165) is 68.8 Å². The van der Waals surface area contributed by atoms with E-state index >= 15 is 0 Å². The first-order valence-corrected chi connectivity index (χ1v) is 12.1. The summed E-state index contributed by atoms with van der Waals surface area (Å²) in [5, 5.41) is 8.56. The van der Waals surface area contributed by atoms with Gasteiger partial charge in [0, 0.05) is 6.08 Å². The SMILES string of the molecule is CC(C)=CCC/C(C)=C/CC/C(C)=C/C=O.CC(C)=CCCC(C)=CCCC(C)=CC(=O)O. The van der Waals surface area contributed by atoms with Crippen LogP contribution in [-0.2, 0) is 9.59 Å². The Morgan fingerprint density at radius 2 is 0.939 bits per heavy atom. The van der Waals surface area contributed by atoms with Crippen molar-refractivity contribution in [3.8, 4) is 0 Å². The second-order valence-corrected chi connectivity index (χ2v) is 9.30. The Hall–Kier alpha value is -2.42. The average molecular weight is 457 g/mol. The van der Waals surface area contributed by atoms with Gasteiger partial charge >= 0.3 is 5.97 Å². The van der Waals surface area contributed by atoms with Gasteiger partial charge in [-0.3, -0.25) is 4.79 Å². The number of aldehydes is 1. The lowest BCUT2D eigenvalue weighted by atomic mass is 10.1. The number of aliphatic carboxylic acids is 1. The highest BCUT2D eigenvalue weighted by Crippen LogP contribution is 2.12. The zero-order valence-corrected chi connectivity index (χ0v) is 22.5. The molecule has 0 aliphatic heterocycles. The van der Waals surface area contributed by atoms with Crippen LogP contribution in [0.25, 0.3) is 0 Å². The van der Waals surface area contributed by atoms with Crippen molar-refractivity contribution in [2.45, 2.75) is 107 Å². The lowest BCUT2D eigenvalue weighted by Crippen LogP contribution is -1.89.